The average molecular weight is 367 g/mol. The molecule has 0 N–H and O–H groups in total. The number of piperidine rings is 1. The number of rotatable bonds is 6. The molecule has 1 aliphatic rings. The molecule has 6 heteroatoms. The van der Waals surface area contributed by atoms with E-state index in [-0.39, 0.29) is 5.91 Å². The van der Waals surface area contributed by atoms with Gasteiger partial charge in [-0.2, -0.15) is 0 Å². The first-order valence-corrected chi connectivity index (χ1v) is 9.25. The molecule has 2 heterocycles. The summed E-state index contributed by atoms with van der Waals surface area (Å²) in [6.07, 6.45) is 10.5. The predicted molar refractivity (Wildman–Crippen MR) is 104 cm³/mol. The minimum atomic E-state index is 0.0282. The number of benzene rings is 1. The normalized spacial score (nSPS) is 15.1. The summed E-state index contributed by atoms with van der Waals surface area (Å²) in [6.45, 7) is 3.97. The van der Waals surface area contributed by atoms with Crippen molar-refractivity contribution in [1.29, 1.82) is 0 Å². The van der Waals surface area contributed by atoms with Gasteiger partial charge in [-0.1, -0.05) is 6.07 Å². The summed E-state index contributed by atoms with van der Waals surface area (Å²) >= 11 is 0. The summed E-state index contributed by atoms with van der Waals surface area (Å²) in [5.74, 6) is 1.77. The fourth-order valence-electron chi connectivity index (χ4n) is 3.25. The van der Waals surface area contributed by atoms with E-state index in [1.165, 1.54) is 0 Å². The molecule has 0 aliphatic carbocycles. The van der Waals surface area contributed by atoms with Crippen molar-refractivity contribution in [3.05, 3.63) is 54.1 Å². The highest BCUT2D eigenvalue weighted by molar-refractivity contribution is 5.92. The number of hydrogen-bond acceptors (Lipinski definition) is 5. The Bertz CT molecular complexity index is 785. The van der Waals surface area contributed by atoms with Gasteiger partial charge < -0.3 is 14.4 Å². The van der Waals surface area contributed by atoms with Gasteiger partial charge in [0, 0.05) is 43.7 Å². The molecular formula is C21H25N3O3. The monoisotopic (exact) mass is 367 g/mol. The molecule has 0 bridgehead atoms. The number of nitrogens with zero attached hydrogens (tertiary/aromatic N) is 3. The maximum absolute atomic E-state index is 12.5. The van der Waals surface area contributed by atoms with Gasteiger partial charge in [-0.15, -0.1) is 0 Å². The molecular weight excluding hydrogens is 342 g/mol. The van der Waals surface area contributed by atoms with Gasteiger partial charge in [0.25, 0.3) is 0 Å². The zero-order valence-corrected chi connectivity index (χ0v) is 15.8. The lowest BCUT2D eigenvalue weighted by Gasteiger charge is -2.30. The van der Waals surface area contributed by atoms with Crippen molar-refractivity contribution in [2.45, 2.75) is 25.7 Å². The van der Waals surface area contributed by atoms with Crippen LogP contribution in [0.15, 0.2) is 42.9 Å². The minimum absolute atomic E-state index is 0.0282. The van der Waals surface area contributed by atoms with Gasteiger partial charge in [0.15, 0.2) is 11.5 Å². The Morgan fingerprint density at radius 1 is 1.26 bits per heavy atom. The van der Waals surface area contributed by atoms with Crippen LogP contribution >= 0.6 is 0 Å². The summed E-state index contributed by atoms with van der Waals surface area (Å²) in [6, 6.07) is 5.64. The maximum Gasteiger partial charge on any atom is 0.246 e. The van der Waals surface area contributed by atoms with Crippen LogP contribution in [0.5, 0.6) is 11.5 Å². The first-order valence-electron chi connectivity index (χ1n) is 9.25. The Morgan fingerprint density at radius 3 is 2.74 bits per heavy atom. The Labute approximate surface area is 159 Å². The van der Waals surface area contributed by atoms with Gasteiger partial charge in [0.2, 0.25) is 5.91 Å². The van der Waals surface area contributed by atoms with Crippen LogP contribution in [0, 0.1) is 0 Å². The second-order valence-corrected chi connectivity index (χ2v) is 6.41. The maximum atomic E-state index is 12.5. The van der Waals surface area contributed by atoms with Gasteiger partial charge in [-0.25, -0.2) is 0 Å². The Kier molecular flexibility index (Phi) is 6.41. The third kappa shape index (κ3) is 4.84. The molecule has 1 fully saturated rings. The van der Waals surface area contributed by atoms with Crippen LogP contribution in [0.2, 0.25) is 0 Å². The first kappa shape index (κ1) is 18.9. The third-order valence-electron chi connectivity index (χ3n) is 4.71. The van der Waals surface area contributed by atoms with Crippen molar-refractivity contribution in [1.82, 2.24) is 14.9 Å². The quantitative estimate of drug-likeness (QED) is 0.733. The third-order valence-corrected chi connectivity index (χ3v) is 4.71. The van der Waals surface area contributed by atoms with E-state index in [0.29, 0.717) is 24.0 Å². The molecule has 3 rings (SSSR count). The van der Waals surface area contributed by atoms with Gasteiger partial charge in [0.05, 0.1) is 19.4 Å². The molecule has 1 saturated heterocycles. The molecule has 0 saturated carbocycles. The Morgan fingerprint density at radius 2 is 2.07 bits per heavy atom. The van der Waals surface area contributed by atoms with E-state index < -0.39 is 0 Å². The van der Waals surface area contributed by atoms with Gasteiger partial charge in [0.1, 0.15) is 0 Å². The number of ether oxygens (including phenoxy) is 2. The zero-order valence-electron chi connectivity index (χ0n) is 15.8. The second-order valence-electron chi connectivity index (χ2n) is 6.41. The number of carbonyl (C=O) groups is 1. The molecule has 0 radical (unpaired) electrons. The first-order chi connectivity index (χ1) is 13.2. The molecule has 142 valence electrons. The van der Waals surface area contributed by atoms with Crippen molar-refractivity contribution in [3.63, 3.8) is 0 Å². The van der Waals surface area contributed by atoms with Crippen LogP contribution in [0.1, 0.15) is 36.9 Å². The lowest BCUT2D eigenvalue weighted by atomic mass is 9.94. The molecule has 0 unspecified atom stereocenters. The van der Waals surface area contributed by atoms with E-state index in [1.807, 2.05) is 42.3 Å². The highest BCUT2D eigenvalue weighted by Crippen LogP contribution is 2.29. The molecule has 1 aromatic carbocycles. The molecule has 2 aromatic rings. The number of carbonyl (C=O) groups excluding carboxylic acids is 1. The van der Waals surface area contributed by atoms with Crippen LogP contribution < -0.4 is 9.47 Å². The predicted octanol–water partition coefficient (Wildman–Crippen LogP) is 3.30. The van der Waals surface area contributed by atoms with Gasteiger partial charge >= 0.3 is 0 Å². The van der Waals surface area contributed by atoms with Crippen LogP contribution in [0.4, 0.5) is 0 Å². The molecule has 0 spiro atoms. The summed E-state index contributed by atoms with van der Waals surface area (Å²) in [4.78, 5) is 22.9. The highest BCUT2D eigenvalue weighted by Gasteiger charge is 2.23. The lowest BCUT2D eigenvalue weighted by Crippen LogP contribution is -2.37. The van der Waals surface area contributed by atoms with Crippen LogP contribution in [-0.4, -0.2) is 47.6 Å². The SMILES string of the molecule is CCOc1ccc(/C=C/C(=O)N2CCC(c3cnccn3)CC2)cc1OC. The highest BCUT2D eigenvalue weighted by atomic mass is 16.5. The van der Waals surface area contributed by atoms with Crippen molar-refractivity contribution in [3.8, 4) is 11.5 Å². The van der Waals surface area contributed by atoms with E-state index in [1.54, 1.807) is 25.6 Å². The van der Waals surface area contributed by atoms with E-state index >= 15 is 0 Å². The summed E-state index contributed by atoms with van der Waals surface area (Å²) in [7, 11) is 1.61. The summed E-state index contributed by atoms with van der Waals surface area (Å²) in [5.41, 5.74) is 1.92. The lowest BCUT2D eigenvalue weighted by molar-refractivity contribution is -0.126. The number of likely N-dealkylation sites (tertiary alicyclic amines) is 1. The Balaban J connectivity index is 1.58. The van der Waals surface area contributed by atoms with E-state index in [0.717, 1.165) is 37.2 Å². The zero-order chi connectivity index (χ0) is 19.1. The van der Waals surface area contributed by atoms with Crippen LogP contribution in [-0.2, 0) is 4.79 Å². The van der Waals surface area contributed by atoms with Crippen molar-refractivity contribution < 1.29 is 14.3 Å². The molecule has 0 atom stereocenters. The van der Waals surface area contributed by atoms with E-state index in [9.17, 15) is 4.79 Å². The fourth-order valence-corrected chi connectivity index (χ4v) is 3.25. The molecule has 1 aromatic heterocycles. The van der Waals surface area contributed by atoms with Gasteiger partial charge in [-0.3, -0.25) is 14.8 Å². The van der Waals surface area contributed by atoms with E-state index in [4.69, 9.17) is 9.47 Å². The molecule has 6 nitrogen and oxygen atoms in total. The largest absolute Gasteiger partial charge is 0.493 e. The van der Waals surface area contributed by atoms with Crippen molar-refractivity contribution >= 4 is 12.0 Å². The number of methoxy groups -OCH3 is 1. The molecule has 1 amide bonds. The second kappa shape index (κ2) is 9.16. The fraction of sp³-hybridized carbons (Fsp3) is 0.381. The van der Waals surface area contributed by atoms with Crippen molar-refractivity contribution in [2.24, 2.45) is 0 Å². The number of hydrogen-bond donors (Lipinski definition) is 0. The molecule has 27 heavy (non-hydrogen) atoms. The smallest absolute Gasteiger partial charge is 0.246 e. The van der Waals surface area contributed by atoms with Crippen LogP contribution in [0.25, 0.3) is 6.08 Å². The average Bonchev–Trinajstić information content (AvgIpc) is 2.73. The minimum Gasteiger partial charge on any atom is -0.493 e. The van der Waals surface area contributed by atoms with E-state index in [2.05, 4.69) is 9.97 Å². The standard InChI is InChI=1S/C21H25N3O3/c1-3-27-19-6-4-16(14-20(19)26-2)5-7-21(25)24-12-8-17(9-13-24)18-15-22-10-11-23-18/h4-7,10-11,14-15,17H,3,8-9,12-13H2,1-2H3/b7-5+. The van der Waals surface area contributed by atoms with Crippen LogP contribution in [0.3, 0.4) is 0 Å². The topological polar surface area (TPSA) is 64.5 Å². The number of aromatic nitrogens is 2. The molecule has 1 aliphatic heterocycles. The number of amides is 1. The Hall–Kier alpha value is -2.89. The summed E-state index contributed by atoms with van der Waals surface area (Å²) < 4.78 is 10.9. The van der Waals surface area contributed by atoms with Crippen molar-refractivity contribution in [2.75, 3.05) is 26.8 Å². The van der Waals surface area contributed by atoms with Gasteiger partial charge in [-0.05, 0) is 43.5 Å². The summed E-state index contributed by atoms with van der Waals surface area (Å²) in [5, 5.41) is 0.